The van der Waals surface area contributed by atoms with E-state index in [2.05, 4.69) is 20.4 Å². The van der Waals surface area contributed by atoms with Crippen molar-refractivity contribution < 1.29 is 4.79 Å². The van der Waals surface area contributed by atoms with E-state index in [1.807, 2.05) is 36.4 Å². The molecule has 5 nitrogen and oxygen atoms in total. The van der Waals surface area contributed by atoms with Crippen molar-refractivity contribution >= 4 is 17.4 Å². The molecule has 1 aliphatic carbocycles. The van der Waals surface area contributed by atoms with Gasteiger partial charge in [0.1, 0.15) is 0 Å². The van der Waals surface area contributed by atoms with Gasteiger partial charge in [-0.3, -0.25) is 4.79 Å². The number of carbonyl (C=O) groups is 1. The minimum atomic E-state index is 0.153. The summed E-state index contributed by atoms with van der Waals surface area (Å²) < 4.78 is 0. The number of nitrogens with zero attached hydrogens (tertiary/aromatic N) is 3. The Balaban J connectivity index is 1.41. The van der Waals surface area contributed by atoms with E-state index >= 15 is 0 Å². The lowest BCUT2D eigenvalue weighted by atomic mass is 10.1. The van der Waals surface area contributed by atoms with Crippen LogP contribution < -0.4 is 10.2 Å². The summed E-state index contributed by atoms with van der Waals surface area (Å²) in [7, 11) is 0. The van der Waals surface area contributed by atoms with Gasteiger partial charge in [-0.1, -0.05) is 25.0 Å². The molecule has 5 heteroatoms. The van der Waals surface area contributed by atoms with Crippen LogP contribution in [0, 0.1) is 5.92 Å². The molecule has 2 aliphatic rings. The van der Waals surface area contributed by atoms with Crippen LogP contribution in [0.2, 0.25) is 0 Å². The molecule has 2 aromatic rings. The number of anilines is 2. The zero-order valence-electron chi connectivity index (χ0n) is 14.4. The molecule has 1 aliphatic heterocycles. The summed E-state index contributed by atoms with van der Waals surface area (Å²) in [6, 6.07) is 11.9. The predicted molar refractivity (Wildman–Crippen MR) is 99.5 cm³/mol. The molecule has 2 heterocycles. The smallest absolute Gasteiger partial charge is 0.227 e. The van der Waals surface area contributed by atoms with Gasteiger partial charge in [-0.25, -0.2) is 0 Å². The van der Waals surface area contributed by atoms with Gasteiger partial charge >= 0.3 is 0 Å². The molecule has 0 spiro atoms. The monoisotopic (exact) mass is 336 g/mol. The highest BCUT2D eigenvalue weighted by Crippen LogP contribution is 2.27. The van der Waals surface area contributed by atoms with Crippen LogP contribution in [0.5, 0.6) is 0 Å². The summed E-state index contributed by atoms with van der Waals surface area (Å²) in [6.07, 6.45) is 6.84. The maximum absolute atomic E-state index is 12.2. The van der Waals surface area contributed by atoms with E-state index in [1.165, 1.54) is 25.7 Å². The number of aromatic nitrogens is 2. The first-order chi connectivity index (χ1) is 12.3. The standard InChI is InChI=1S/C20H24N4O/c25-20(16-5-1-2-6-16)21-17-9-7-15(8-10-17)18-11-12-19(23-22-18)24-13-3-4-14-24/h7-12,16H,1-6,13-14H2,(H,21,25). The molecule has 0 unspecified atom stereocenters. The molecule has 0 bridgehead atoms. The van der Waals surface area contributed by atoms with Gasteiger partial charge in [-0.2, -0.15) is 0 Å². The number of nitrogens with one attached hydrogen (secondary N) is 1. The normalized spacial score (nSPS) is 17.8. The lowest BCUT2D eigenvalue weighted by molar-refractivity contribution is -0.119. The van der Waals surface area contributed by atoms with Crippen LogP contribution in [0.15, 0.2) is 36.4 Å². The fourth-order valence-corrected chi connectivity index (χ4v) is 3.75. The second-order valence-electron chi connectivity index (χ2n) is 7.02. The van der Waals surface area contributed by atoms with Crippen molar-refractivity contribution in [3.8, 4) is 11.3 Å². The molecule has 1 aromatic heterocycles. The third kappa shape index (κ3) is 3.65. The summed E-state index contributed by atoms with van der Waals surface area (Å²) in [4.78, 5) is 14.5. The second kappa shape index (κ2) is 7.21. The van der Waals surface area contributed by atoms with Crippen molar-refractivity contribution in [2.24, 2.45) is 5.92 Å². The molecule has 4 rings (SSSR count). The minimum Gasteiger partial charge on any atom is -0.355 e. The van der Waals surface area contributed by atoms with Crippen LogP contribution in [-0.2, 0) is 4.79 Å². The highest BCUT2D eigenvalue weighted by atomic mass is 16.1. The molecule has 1 saturated carbocycles. The maximum atomic E-state index is 12.2. The van der Waals surface area contributed by atoms with E-state index in [4.69, 9.17) is 0 Å². The molecular weight excluding hydrogens is 312 g/mol. The molecule has 130 valence electrons. The Kier molecular flexibility index (Phi) is 4.63. The lowest BCUT2D eigenvalue weighted by Crippen LogP contribution is -2.20. The molecule has 1 saturated heterocycles. The number of carbonyl (C=O) groups excluding carboxylic acids is 1. The van der Waals surface area contributed by atoms with Crippen LogP contribution in [0.4, 0.5) is 11.5 Å². The molecule has 2 fully saturated rings. The molecule has 1 amide bonds. The Bertz CT molecular complexity index is 714. The Hall–Kier alpha value is -2.43. The Morgan fingerprint density at radius 1 is 0.920 bits per heavy atom. The lowest BCUT2D eigenvalue weighted by Gasteiger charge is -2.15. The van der Waals surface area contributed by atoms with E-state index in [9.17, 15) is 4.79 Å². The summed E-state index contributed by atoms with van der Waals surface area (Å²) in [6.45, 7) is 2.15. The Morgan fingerprint density at radius 2 is 1.64 bits per heavy atom. The molecule has 25 heavy (non-hydrogen) atoms. The van der Waals surface area contributed by atoms with Crippen LogP contribution in [0.1, 0.15) is 38.5 Å². The highest BCUT2D eigenvalue weighted by Gasteiger charge is 2.22. The average molecular weight is 336 g/mol. The Labute approximate surface area is 148 Å². The Morgan fingerprint density at radius 3 is 2.28 bits per heavy atom. The summed E-state index contributed by atoms with van der Waals surface area (Å²) in [5.41, 5.74) is 2.72. The average Bonchev–Trinajstić information content (AvgIpc) is 3.36. The highest BCUT2D eigenvalue weighted by molar-refractivity contribution is 5.92. The quantitative estimate of drug-likeness (QED) is 0.921. The minimum absolute atomic E-state index is 0.153. The van der Waals surface area contributed by atoms with Gasteiger partial charge in [0.25, 0.3) is 0 Å². The summed E-state index contributed by atoms with van der Waals surface area (Å²) >= 11 is 0. The van der Waals surface area contributed by atoms with Gasteiger partial charge in [0.05, 0.1) is 5.69 Å². The van der Waals surface area contributed by atoms with Crippen LogP contribution in [0.3, 0.4) is 0 Å². The third-order valence-corrected chi connectivity index (χ3v) is 5.25. The number of amides is 1. The van der Waals surface area contributed by atoms with Crippen molar-refractivity contribution in [2.45, 2.75) is 38.5 Å². The van der Waals surface area contributed by atoms with Gasteiger partial charge in [-0.15, -0.1) is 10.2 Å². The first-order valence-electron chi connectivity index (χ1n) is 9.29. The van der Waals surface area contributed by atoms with Crippen molar-refractivity contribution in [1.82, 2.24) is 10.2 Å². The van der Waals surface area contributed by atoms with E-state index < -0.39 is 0 Å². The molecule has 1 N–H and O–H groups in total. The van der Waals surface area contributed by atoms with Gasteiger partial charge < -0.3 is 10.2 Å². The van der Waals surface area contributed by atoms with Crippen molar-refractivity contribution in [2.75, 3.05) is 23.3 Å². The molecule has 1 aromatic carbocycles. The number of rotatable bonds is 4. The van der Waals surface area contributed by atoms with Gasteiger partial charge in [0, 0.05) is 30.3 Å². The van der Waals surface area contributed by atoms with E-state index in [-0.39, 0.29) is 11.8 Å². The molecule has 0 radical (unpaired) electrons. The molecule has 0 atom stereocenters. The fourth-order valence-electron chi connectivity index (χ4n) is 3.75. The summed E-state index contributed by atoms with van der Waals surface area (Å²) in [5, 5.41) is 11.8. The van der Waals surface area contributed by atoms with Crippen molar-refractivity contribution in [3.05, 3.63) is 36.4 Å². The molecular formula is C20H24N4O. The van der Waals surface area contributed by atoms with Crippen LogP contribution in [0.25, 0.3) is 11.3 Å². The van der Waals surface area contributed by atoms with Gasteiger partial charge in [-0.05, 0) is 49.9 Å². The zero-order chi connectivity index (χ0) is 17.1. The van der Waals surface area contributed by atoms with Gasteiger partial charge in [0.15, 0.2) is 5.82 Å². The van der Waals surface area contributed by atoms with E-state index in [1.54, 1.807) is 0 Å². The first kappa shape index (κ1) is 16.1. The van der Waals surface area contributed by atoms with Gasteiger partial charge in [0.2, 0.25) is 5.91 Å². The third-order valence-electron chi connectivity index (χ3n) is 5.25. The largest absolute Gasteiger partial charge is 0.355 e. The first-order valence-corrected chi connectivity index (χ1v) is 9.29. The summed E-state index contributed by atoms with van der Waals surface area (Å²) in [5.74, 6) is 1.30. The van der Waals surface area contributed by atoms with Crippen LogP contribution >= 0.6 is 0 Å². The van der Waals surface area contributed by atoms with E-state index in [0.717, 1.165) is 48.7 Å². The second-order valence-corrected chi connectivity index (χ2v) is 7.02. The number of hydrogen-bond acceptors (Lipinski definition) is 4. The zero-order valence-corrected chi connectivity index (χ0v) is 14.4. The maximum Gasteiger partial charge on any atom is 0.227 e. The number of hydrogen-bond donors (Lipinski definition) is 1. The number of benzene rings is 1. The predicted octanol–water partition coefficient (Wildman–Crippen LogP) is 3.87. The van der Waals surface area contributed by atoms with Crippen LogP contribution in [-0.4, -0.2) is 29.2 Å². The van der Waals surface area contributed by atoms with Crippen molar-refractivity contribution in [3.63, 3.8) is 0 Å². The SMILES string of the molecule is O=C(Nc1ccc(-c2ccc(N3CCCC3)nn2)cc1)C1CCCC1. The van der Waals surface area contributed by atoms with E-state index in [0.29, 0.717) is 0 Å². The fraction of sp³-hybridized carbons (Fsp3) is 0.450. The topological polar surface area (TPSA) is 58.1 Å². The van der Waals surface area contributed by atoms with Crippen molar-refractivity contribution in [1.29, 1.82) is 0 Å².